The molecule has 1 saturated carbocycles. The quantitative estimate of drug-likeness (QED) is 0.174. The van der Waals surface area contributed by atoms with Gasteiger partial charge in [-0.25, -0.2) is 9.79 Å². The molecular formula is C22H32N4O5. The molecule has 9 nitrogen and oxygen atoms in total. The highest BCUT2D eigenvalue weighted by molar-refractivity contribution is 5.91. The Morgan fingerprint density at radius 2 is 2.10 bits per heavy atom. The minimum atomic E-state index is -1.48. The van der Waals surface area contributed by atoms with Gasteiger partial charge < -0.3 is 19.7 Å². The van der Waals surface area contributed by atoms with Gasteiger partial charge in [-0.2, -0.15) is 0 Å². The molecule has 0 unspecified atom stereocenters. The van der Waals surface area contributed by atoms with Crippen molar-refractivity contribution >= 4 is 11.9 Å². The van der Waals surface area contributed by atoms with Crippen molar-refractivity contribution in [1.29, 1.82) is 0 Å². The van der Waals surface area contributed by atoms with Crippen LogP contribution in [-0.4, -0.2) is 53.0 Å². The number of rotatable bonds is 10. The molecule has 2 N–H and O–H groups in total. The number of allylic oxidation sites excluding steroid dienone is 1. The van der Waals surface area contributed by atoms with Gasteiger partial charge in [0.1, 0.15) is 0 Å². The van der Waals surface area contributed by atoms with Crippen LogP contribution in [0.15, 0.2) is 34.0 Å². The maximum absolute atomic E-state index is 12.5. The summed E-state index contributed by atoms with van der Waals surface area (Å²) in [5.74, 6) is -0.522. The average molecular weight is 433 g/mol. The standard InChI is InChI=1S/C22H32N4O5/c1-2-12-22(21(28)29)19(17-6-3-4-7-18(17)25-26-23)31-20(24-22)15-8-10-16(11-9-15)30-14-5-13-27/h2,15-16,19,27H,1,3-14H2,(H,28,29)/t15?,16?,19-,22-/m1/s1. The number of hydrogen-bond acceptors (Lipinski definition) is 6. The van der Waals surface area contributed by atoms with Gasteiger partial charge in [0.25, 0.3) is 0 Å². The summed E-state index contributed by atoms with van der Waals surface area (Å²) in [7, 11) is 0. The van der Waals surface area contributed by atoms with Gasteiger partial charge in [-0.1, -0.05) is 11.2 Å². The number of aliphatic hydroxyl groups is 1. The van der Waals surface area contributed by atoms with Crippen LogP contribution < -0.4 is 0 Å². The number of nitrogens with zero attached hydrogens (tertiary/aromatic N) is 4. The van der Waals surface area contributed by atoms with E-state index in [0.29, 0.717) is 37.5 Å². The van der Waals surface area contributed by atoms with Crippen molar-refractivity contribution in [3.05, 3.63) is 34.4 Å². The molecule has 0 saturated heterocycles. The van der Waals surface area contributed by atoms with Gasteiger partial charge in [0, 0.05) is 36.2 Å². The molecule has 31 heavy (non-hydrogen) atoms. The lowest BCUT2D eigenvalue weighted by atomic mass is 9.80. The second-order valence-electron chi connectivity index (χ2n) is 8.46. The normalized spacial score (nSPS) is 30.9. The molecule has 0 spiro atoms. The number of carbonyl (C=O) groups is 1. The van der Waals surface area contributed by atoms with E-state index in [4.69, 9.17) is 20.1 Å². The topological polar surface area (TPSA) is 137 Å². The first-order valence-electron chi connectivity index (χ1n) is 11.2. The van der Waals surface area contributed by atoms with Crippen LogP contribution in [0.5, 0.6) is 0 Å². The van der Waals surface area contributed by atoms with E-state index in [1.807, 2.05) is 0 Å². The van der Waals surface area contributed by atoms with Crippen LogP contribution in [-0.2, 0) is 14.3 Å². The molecule has 0 aromatic rings. The number of ether oxygens (including phenoxy) is 2. The van der Waals surface area contributed by atoms with E-state index < -0.39 is 17.6 Å². The van der Waals surface area contributed by atoms with E-state index in [0.717, 1.165) is 44.1 Å². The van der Waals surface area contributed by atoms with Gasteiger partial charge in [-0.3, -0.25) is 0 Å². The first-order chi connectivity index (χ1) is 15.1. The molecule has 0 amide bonds. The maximum Gasteiger partial charge on any atom is 0.336 e. The Balaban J connectivity index is 1.83. The third kappa shape index (κ3) is 5.11. The Labute approximate surface area is 182 Å². The molecule has 2 aliphatic carbocycles. The van der Waals surface area contributed by atoms with Crippen LogP contribution in [0.4, 0.5) is 0 Å². The van der Waals surface area contributed by atoms with E-state index in [1.54, 1.807) is 6.08 Å². The first-order valence-corrected chi connectivity index (χ1v) is 11.2. The Morgan fingerprint density at radius 3 is 2.74 bits per heavy atom. The summed E-state index contributed by atoms with van der Waals surface area (Å²) in [4.78, 5) is 20.1. The van der Waals surface area contributed by atoms with E-state index in [-0.39, 0.29) is 25.0 Å². The SMILES string of the molecule is C=CC[C@@]1(C(=O)O)N=C(C2CCC(OCCCO)CC2)O[C@@H]1C1=C(N=[N+]=[N-])CCCC1. The van der Waals surface area contributed by atoms with Crippen molar-refractivity contribution in [3.8, 4) is 0 Å². The third-order valence-corrected chi connectivity index (χ3v) is 6.45. The van der Waals surface area contributed by atoms with Crippen molar-refractivity contribution in [3.63, 3.8) is 0 Å². The maximum atomic E-state index is 12.5. The fourth-order valence-electron chi connectivity index (χ4n) is 4.82. The van der Waals surface area contributed by atoms with Crippen molar-refractivity contribution < 1.29 is 24.5 Å². The van der Waals surface area contributed by atoms with Gasteiger partial charge in [0.05, 0.1) is 6.10 Å². The molecule has 2 atom stereocenters. The average Bonchev–Trinajstić information content (AvgIpc) is 3.16. The summed E-state index contributed by atoms with van der Waals surface area (Å²) in [5, 5.41) is 22.9. The number of aliphatic hydroxyl groups excluding tert-OH is 1. The molecule has 0 bridgehead atoms. The molecule has 9 heteroatoms. The zero-order chi connectivity index (χ0) is 22.3. The fourth-order valence-corrected chi connectivity index (χ4v) is 4.82. The summed E-state index contributed by atoms with van der Waals surface area (Å²) in [6.45, 7) is 4.41. The van der Waals surface area contributed by atoms with Crippen LogP contribution in [0.2, 0.25) is 0 Å². The van der Waals surface area contributed by atoms with Crippen LogP contribution in [0.25, 0.3) is 10.4 Å². The second kappa shape index (κ2) is 10.8. The van der Waals surface area contributed by atoms with Crippen LogP contribution in [0.3, 0.4) is 0 Å². The van der Waals surface area contributed by atoms with Gasteiger partial charge >= 0.3 is 5.97 Å². The monoisotopic (exact) mass is 432 g/mol. The Morgan fingerprint density at radius 1 is 1.35 bits per heavy atom. The molecule has 3 rings (SSSR count). The first kappa shape index (κ1) is 23.3. The minimum absolute atomic E-state index is 0.0401. The number of carboxylic acid groups (broad SMARTS) is 1. The number of carboxylic acids is 1. The summed E-state index contributed by atoms with van der Waals surface area (Å²) in [6, 6.07) is 0. The van der Waals surface area contributed by atoms with E-state index in [1.165, 1.54) is 0 Å². The largest absolute Gasteiger partial charge is 0.479 e. The summed E-state index contributed by atoms with van der Waals surface area (Å²) < 4.78 is 12.1. The predicted molar refractivity (Wildman–Crippen MR) is 116 cm³/mol. The van der Waals surface area contributed by atoms with Crippen LogP contribution >= 0.6 is 0 Å². The third-order valence-electron chi connectivity index (χ3n) is 6.45. The highest BCUT2D eigenvalue weighted by Crippen LogP contribution is 2.43. The lowest BCUT2D eigenvalue weighted by Crippen LogP contribution is -2.47. The predicted octanol–water partition coefficient (Wildman–Crippen LogP) is 4.28. The molecule has 0 aromatic heterocycles. The summed E-state index contributed by atoms with van der Waals surface area (Å²) in [5.41, 5.74) is 8.84. The van der Waals surface area contributed by atoms with E-state index in [2.05, 4.69) is 21.6 Å². The number of azide groups is 1. The van der Waals surface area contributed by atoms with Crippen molar-refractivity contribution in [1.82, 2.24) is 0 Å². The molecule has 1 heterocycles. The molecule has 1 fully saturated rings. The Kier molecular flexibility index (Phi) is 8.12. The van der Waals surface area contributed by atoms with Gasteiger partial charge in [0.2, 0.25) is 5.54 Å². The minimum Gasteiger partial charge on any atom is -0.479 e. The smallest absolute Gasteiger partial charge is 0.336 e. The van der Waals surface area contributed by atoms with E-state index in [9.17, 15) is 9.90 Å². The van der Waals surface area contributed by atoms with Crippen molar-refractivity contribution in [2.45, 2.75) is 82.0 Å². The fraction of sp³-hybridized carbons (Fsp3) is 0.727. The second-order valence-corrected chi connectivity index (χ2v) is 8.46. The zero-order valence-electron chi connectivity index (χ0n) is 17.9. The number of aliphatic imine (C=N–C) groups is 1. The van der Waals surface area contributed by atoms with E-state index >= 15 is 0 Å². The number of aliphatic carboxylic acids is 1. The van der Waals surface area contributed by atoms with Crippen molar-refractivity contribution in [2.24, 2.45) is 16.0 Å². The lowest BCUT2D eigenvalue weighted by Gasteiger charge is -2.32. The highest BCUT2D eigenvalue weighted by Gasteiger charge is 2.54. The van der Waals surface area contributed by atoms with Gasteiger partial charge in [-0.15, -0.1) is 6.58 Å². The molecule has 0 aromatic carbocycles. The van der Waals surface area contributed by atoms with Gasteiger partial charge in [0.15, 0.2) is 12.0 Å². The Bertz CT molecular complexity index is 781. The highest BCUT2D eigenvalue weighted by atomic mass is 16.5. The zero-order valence-corrected chi connectivity index (χ0v) is 17.9. The van der Waals surface area contributed by atoms with Gasteiger partial charge in [-0.05, 0) is 68.9 Å². The molecule has 0 radical (unpaired) electrons. The number of hydrogen-bond donors (Lipinski definition) is 2. The Hall–Kier alpha value is -2.35. The lowest BCUT2D eigenvalue weighted by molar-refractivity contribution is -0.145. The summed E-state index contributed by atoms with van der Waals surface area (Å²) in [6.07, 6.45) is 8.07. The molecule has 170 valence electrons. The van der Waals surface area contributed by atoms with Crippen molar-refractivity contribution in [2.75, 3.05) is 13.2 Å². The molecule has 3 aliphatic rings. The molecule has 1 aliphatic heterocycles. The summed E-state index contributed by atoms with van der Waals surface area (Å²) >= 11 is 0. The van der Waals surface area contributed by atoms with Crippen LogP contribution in [0.1, 0.15) is 64.2 Å². The molecular weight excluding hydrogens is 400 g/mol. The van der Waals surface area contributed by atoms with Crippen LogP contribution in [0, 0.1) is 5.92 Å².